The monoisotopic (exact) mass is 261 g/mol. The molecule has 0 spiro atoms. The molecule has 0 aliphatic rings. The third-order valence-electron chi connectivity index (χ3n) is 3.46. The highest BCUT2D eigenvalue weighted by atomic mass is 16.5. The van der Waals surface area contributed by atoms with Crippen LogP contribution in [-0.4, -0.2) is 17.3 Å². The Morgan fingerprint density at radius 3 is 2.79 bits per heavy atom. The Morgan fingerprint density at radius 1 is 1.42 bits per heavy atom. The summed E-state index contributed by atoms with van der Waals surface area (Å²) in [5, 5.41) is 4.01. The zero-order valence-electron chi connectivity index (χ0n) is 11.7. The van der Waals surface area contributed by atoms with E-state index in [2.05, 4.69) is 10.1 Å². The van der Waals surface area contributed by atoms with Crippen molar-refractivity contribution in [1.29, 1.82) is 0 Å². The third kappa shape index (κ3) is 2.46. The molecule has 5 nitrogen and oxygen atoms in total. The molecule has 5 heteroatoms. The number of nitrogen functional groups attached to an aromatic ring is 1. The van der Waals surface area contributed by atoms with Gasteiger partial charge in [-0.3, -0.25) is 0 Å². The van der Waals surface area contributed by atoms with Gasteiger partial charge < -0.3 is 15.0 Å². The predicted molar refractivity (Wildman–Crippen MR) is 73.5 cm³/mol. The molecule has 1 aromatic carbocycles. The summed E-state index contributed by atoms with van der Waals surface area (Å²) in [5.41, 5.74) is 7.88. The second-order valence-corrected chi connectivity index (χ2v) is 4.80. The molecule has 1 atom stereocenters. The Balaban J connectivity index is 2.44. The Hall–Kier alpha value is -1.88. The maximum absolute atomic E-state index is 5.95. The highest BCUT2D eigenvalue weighted by Crippen LogP contribution is 2.30. The first-order valence-corrected chi connectivity index (χ1v) is 6.26. The summed E-state index contributed by atoms with van der Waals surface area (Å²) in [6, 6.07) is 5.72. The van der Waals surface area contributed by atoms with Gasteiger partial charge in [-0.1, -0.05) is 23.7 Å². The maximum Gasteiger partial charge on any atom is 0.260 e. The highest BCUT2D eigenvalue weighted by molar-refractivity contribution is 5.71. The molecule has 0 fully saturated rings. The minimum Gasteiger partial charge on any atom is -0.398 e. The van der Waals surface area contributed by atoms with Crippen molar-refractivity contribution >= 4 is 5.69 Å². The Labute approximate surface area is 112 Å². The Bertz CT molecular complexity index is 574. The summed E-state index contributed by atoms with van der Waals surface area (Å²) in [4.78, 5) is 4.41. The van der Waals surface area contributed by atoms with Crippen LogP contribution < -0.4 is 5.73 Å². The summed E-state index contributed by atoms with van der Waals surface area (Å²) in [7, 11) is 1.64. The summed E-state index contributed by atoms with van der Waals surface area (Å²) >= 11 is 0. The van der Waals surface area contributed by atoms with Crippen LogP contribution in [0, 0.1) is 6.92 Å². The number of aryl methyl sites for hydroxylation is 1. The number of aromatic nitrogens is 2. The highest BCUT2D eigenvalue weighted by Gasteiger charge is 2.30. The van der Waals surface area contributed by atoms with Crippen molar-refractivity contribution in [2.75, 3.05) is 12.8 Å². The van der Waals surface area contributed by atoms with Gasteiger partial charge in [-0.15, -0.1) is 0 Å². The summed E-state index contributed by atoms with van der Waals surface area (Å²) in [6.07, 6.45) is 0.756. The molecule has 102 valence electrons. The zero-order chi connectivity index (χ0) is 14.0. The molecular weight excluding hydrogens is 242 g/mol. The number of nitrogens with two attached hydrogens (primary N) is 1. The van der Waals surface area contributed by atoms with E-state index >= 15 is 0 Å². The van der Waals surface area contributed by atoms with Crippen LogP contribution in [-0.2, 0) is 10.3 Å². The minimum atomic E-state index is -0.541. The predicted octanol–water partition coefficient (Wildman–Crippen LogP) is 2.90. The van der Waals surface area contributed by atoms with E-state index in [1.807, 2.05) is 39.0 Å². The normalized spacial score (nSPS) is 14.3. The smallest absolute Gasteiger partial charge is 0.260 e. The van der Waals surface area contributed by atoms with Crippen LogP contribution in [0.25, 0.3) is 11.5 Å². The molecule has 0 aliphatic heterocycles. The number of methoxy groups -OCH3 is 1. The SMILES string of the molecule is CCC(C)(OC)c1noc(-c2cc(C)ccc2N)n1. The number of hydrogen-bond donors (Lipinski definition) is 1. The second-order valence-electron chi connectivity index (χ2n) is 4.80. The van der Waals surface area contributed by atoms with Gasteiger partial charge in [-0.05, 0) is 32.4 Å². The molecule has 2 aromatic rings. The third-order valence-corrected chi connectivity index (χ3v) is 3.46. The van der Waals surface area contributed by atoms with E-state index in [0.29, 0.717) is 17.4 Å². The van der Waals surface area contributed by atoms with Crippen molar-refractivity contribution in [2.24, 2.45) is 0 Å². The summed E-state index contributed by atoms with van der Waals surface area (Å²) in [6.45, 7) is 5.94. The van der Waals surface area contributed by atoms with Crippen LogP contribution in [0.2, 0.25) is 0 Å². The molecule has 0 amide bonds. The van der Waals surface area contributed by atoms with Gasteiger partial charge in [0.15, 0.2) is 0 Å². The number of rotatable bonds is 4. The quantitative estimate of drug-likeness (QED) is 0.856. The van der Waals surface area contributed by atoms with Crippen molar-refractivity contribution in [3.8, 4) is 11.5 Å². The van der Waals surface area contributed by atoms with Gasteiger partial charge in [0, 0.05) is 12.8 Å². The van der Waals surface area contributed by atoms with Crippen molar-refractivity contribution in [3.05, 3.63) is 29.6 Å². The van der Waals surface area contributed by atoms with Crippen LogP contribution in [0.5, 0.6) is 0 Å². The van der Waals surface area contributed by atoms with Crippen LogP contribution >= 0.6 is 0 Å². The van der Waals surface area contributed by atoms with E-state index in [9.17, 15) is 0 Å². The first-order valence-electron chi connectivity index (χ1n) is 6.26. The molecule has 19 heavy (non-hydrogen) atoms. The van der Waals surface area contributed by atoms with E-state index in [-0.39, 0.29) is 0 Å². The topological polar surface area (TPSA) is 74.2 Å². The van der Waals surface area contributed by atoms with Crippen molar-refractivity contribution in [1.82, 2.24) is 10.1 Å². The fourth-order valence-electron chi connectivity index (χ4n) is 1.80. The van der Waals surface area contributed by atoms with Gasteiger partial charge in [0.2, 0.25) is 5.82 Å². The van der Waals surface area contributed by atoms with Crippen molar-refractivity contribution in [3.63, 3.8) is 0 Å². The lowest BCUT2D eigenvalue weighted by molar-refractivity contribution is -0.0106. The molecule has 1 heterocycles. The van der Waals surface area contributed by atoms with Crippen molar-refractivity contribution in [2.45, 2.75) is 32.8 Å². The second kappa shape index (κ2) is 5.01. The lowest BCUT2D eigenvalue weighted by Crippen LogP contribution is -2.24. The van der Waals surface area contributed by atoms with Crippen LogP contribution in [0.4, 0.5) is 5.69 Å². The lowest BCUT2D eigenvalue weighted by atomic mass is 10.0. The standard InChI is InChI=1S/C14H19N3O2/c1-5-14(3,18-4)13-16-12(19-17-13)10-8-9(2)6-7-11(10)15/h6-8H,5,15H2,1-4H3. The fraction of sp³-hybridized carbons (Fsp3) is 0.429. The largest absolute Gasteiger partial charge is 0.398 e. The van der Waals surface area contributed by atoms with Gasteiger partial charge in [0.05, 0.1) is 5.56 Å². The van der Waals surface area contributed by atoms with Crippen LogP contribution in [0.15, 0.2) is 22.7 Å². The minimum absolute atomic E-state index is 0.424. The molecule has 1 unspecified atom stereocenters. The summed E-state index contributed by atoms with van der Waals surface area (Å²) in [5.74, 6) is 0.960. The molecule has 0 bridgehead atoms. The van der Waals surface area contributed by atoms with Gasteiger partial charge in [-0.2, -0.15) is 4.98 Å². The average Bonchev–Trinajstić information content (AvgIpc) is 2.90. The van der Waals surface area contributed by atoms with E-state index in [4.69, 9.17) is 15.0 Å². The van der Waals surface area contributed by atoms with E-state index in [1.165, 1.54) is 0 Å². The van der Waals surface area contributed by atoms with Crippen LogP contribution in [0.1, 0.15) is 31.7 Å². The Kier molecular flexibility index (Phi) is 3.57. The maximum atomic E-state index is 5.95. The van der Waals surface area contributed by atoms with Gasteiger partial charge in [-0.25, -0.2) is 0 Å². The molecular formula is C14H19N3O2. The van der Waals surface area contributed by atoms with Crippen molar-refractivity contribution < 1.29 is 9.26 Å². The van der Waals surface area contributed by atoms with E-state index < -0.39 is 5.60 Å². The average molecular weight is 261 g/mol. The van der Waals surface area contributed by atoms with E-state index in [1.54, 1.807) is 7.11 Å². The van der Waals surface area contributed by atoms with Crippen LogP contribution in [0.3, 0.4) is 0 Å². The number of nitrogens with zero attached hydrogens (tertiary/aromatic N) is 2. The number of ether oxygens (including phenoxy) is 1. The van der Waals surface area contributed by atoms with Gasteiger partial charge in [0.25, 0.3) is 5.89 Å². The fourth-order valence-corrected chi connectivity index (χ4v) is 1.80. The number of anilines is 1. The summed E-state index contributed by atoms with van der Waals surface area (Å²) < 4.78 is 10.8. The van der Waals surface area contributed by atoms with Gasteiger partial charge >= 0.3 is 0 Å². The first kappa shape index (κ1) is 13.5. The molecule has 0 aliphatic carbocycles. The molecule has 0 radical (unpaired) electrons. The van der Waals surface area contributed by atoms with E-state index in [0.717, 1.165) is 17.5 Å². The Morgan fingerprint density at radius 2 is 2.16 bits per heavy atom. The zero-order valence-corrected chi connectivity index (χ0v) is 11.7. The molecule has 0 saturated carbocycles. The van der Waals surface area contributed by atoms with Gasteiger partial charge in [0.1, 0.15) is 5.60 Å². The lowest BCUT2D eigenvalue weighted by Gasteiger charge is -2.21. The molecule has 1 aromatic heterocycles. The molecule has 2 rings (SSSR count). The molecule has 0 saturated heterocycles. The first-order chi connectivity index (χ1) is 9.00. The number of benzene rings is 1. The number of hydrogen-bond acceptors (Lipinski definition) is 5. The molecule has 2 N–H and O–H groups in total.